The highest BCUT2D eigenvalue weighted by atomic mass is 16.2. The molecule has 1 N–H and O–H groups in total. The molecule has 5 nitrogen and oxygen atoms in total. The molecule has 1 fully saturated rings. The van der Waals surface area contributed by atoms with Gasteiger partial charge in [0, 0.05) is 32.1 Å². The van der Waals surface area contributed by atoms with E-state index in [-0.39, 0.29) is 11.7 Å². The molecule has 1 aliphatic heterocycles. The van der Waals surface area contributed by atoms with Gasteiger partial charge < -0.3 is 5.32 Å². The van der Waals surface area contributed by atoms with E-state index in [0.29, 0.717) is 38.3 Å². The van der Waals surface area contributed by atoms with Gasteiger partial charge >= 0.3 is 0 Å². The van der Waals surface area contributed by atoms with Gasteiger partial charge in [-0.15, -0.1) is 0 Å². The van der Waals surface area contributed by atoms with Crippen LogP contribution in [0.3, 0.4) is 0 Å². The maximum atomic E-state index is 11.8. The molecule has 1 saturated heterocycles. The highest BCUT2D eigenvalue weighted by Gasteiger charge is 2.18. The summed E-state index contributed by atoms with van der Waals surface area (Å²) in [5, 5.41) is 2.75. The third kappa shape index (κ3) is 3.63. The van der Waals surface area contributed by atoms with Crippen LogP contribution in [-0.2, 0) is 9.59 Å². The maximum Gasteiger partial charge on any atom is 0.239 e. The Hall–Kier alpha value is -1.75. The fourth-order valence-corrected chi connectivity index (χ4v) is 1.89. The average Bonchev–Trinajstić information content (AvgIpc) is 2.35. The van der Waals surface area contributed by atoms with Crippen LogP contribution in [0.2, 0.25) is 0 Å². The first-order valence-electron chi connectivity index (χ1n) is 6.10. The van der Waals surface area contributed by atoms with Crippen molar-refractivity contribution in [1.82, 2.24) is 9.88 Å². The number of aryl methyl sites for hydroxylation is 1. The summed E-state index contributed by atoms with van der Waals surface area (Å²) in [4.78, 5) is 29.0. The van der Waals surface area contributed by atoms with Crippen molar-refractivity contribution >= 4 is 17.5 Å². The summed E-state index contributed by atoms with van der Waals surface area (Å²) in [5.74, 6) is 0.770. The number of pyridine rings is 1. The van der Waals surface area contributed by atoms with Crippen molar-refractivity contribution in [3.8, 4) is 0 Å². The third-order valence-corrected chi connectivity index (χ3v) is 2.96. The quantitative estimate of drug-likeness (QED) is 0.865. The van der Waals surface area contributed by atoms with E-state index < -0.39 is 0 Å². The third-order valence-electron chi connectivity index (χ3n) is 2.96. The molecule has 0 radical (unpaired) electrons. The predicted molar refractivity (Wildman–Crippen MR) is 68.3 cm³/mol. The first-order valence-corrected chi connectivity index (χ1v) is 6.10. The summed E-state index contributed by atoms with van der Waals surface area (Å²) in [6, 6.07) is 3.69. The molecule has 0 unspecified atom stereocenters. The number of hydrogen-bond acceptors (Lipinski definition) is 4. The number of ketones is 1. The fraction of sp³-hybridized carbons (Fsp3) is 0.462. The molecular weight excluding hydrogens is 230 g/mol. The van der Waals surface area contributed by atoms with Crippen molar-refractivity contribution in [3.05, 3.63) is 23.9 Å². The van der Waals surface area contributed by atoms with Crippen LogP contribution >= 0.6 is 0 Å². The van der Waals surface area contributed by atoms with Crippen LogP contribution in [0, 0.1) is 6.92 Å². The highest BCUT2D eigenvalue weighted by molar-refractivity contribution is 5.91. The van der Waals surface area contributed by atoms with Crippen LogP contribution < -0.4 is 5.32 Å². The van der Waals surface area contributed by atoms with Crippen LogP contribution in [-0.4, -0.2) is 41.2 Å². The average molecular weight is 247 g/mol. The van der Waals surface area contributed by atoms with Gasteiger partial charge in [0.15, 0.2) is 0 Å². The number of carbonyl (C=O) groups is 2. The van der Waals surface area contributed by atoms with Crippen LogP contribution in [0.25, 0.3) is 0 Å². The summed E-state index contributed by atoms with van der Waals surface area (Å²) in [6.07, 6.45) is 2.82. The molecule has 0 bridgehead atoms. The minimum atomic E-state index is -0.0827. The number of carbonyl (C=O) groups excluding carboxylic acids is 2. The van der Waals surface area contributed by atoms with Gasteiger partial charge in [0.1, 0.15) is 11.6 Å². The van der Waals surface area contributed by atoms with E-state index >= 15 is 0 Å². The maximum absolute atomic E-state index is 11.8. The first-order chi connectivity index (χ1) is 8.63. The Bertz CT molecular complexity index is 432. The van der Waals surface area contributed by atoms with E-state index in [0.717, 1.165) is 5.56 Å². The molecule has 1 aromatic rings. The van der Waals surface area contributed by atoms with Gasteiger partial charge in [0.2, 0.25) is 5.91 Å². The largest absolute Gasteiger partial charge is 0.310 e. The monoisotopic (exact) mass is 247 g/mol. The number of nitrogens with zero attached hydrogens (tertiary/aromatic N) is 2. The van der Waals surface area contributed by atoms with Crippen LogP contribution in [0.15, 0.2) is 18.3 Å². The van der Waals surface area contributed by atoms with Crippen molar-refractivity contribution in [3.63, 3.8) is 0 Å². The fourth-order valence-electron chi connectivity index (χ4n) is 1.89. The van der Waals surface area contributed by atoms with Gasteiger partial charge in [-0.3, -0.25) is 14.5 Å². The molecular formula is C13H17N3O2. The summed E-state index contributed by atoms with van der Waals surface area (Å²) in [7, 11) is 0. The number of nitrogens with one attached hydrogen (secondary N) is 1. The summed E-state index contributed by atoms with van der Waals surface area (Å²) >= 11 is 0. The van der Waals surface area contributed by atoms with E-state index in [2.05, 4.69) is 10.3 Å². The van der Waals surface area contributed by atoms with Crippen molar-refractivity contribution in [2.75, 3.05) is 25.0 Å². The Kier molecular flexibility index (Phi) is 4.04. The molecule has 0 saturated carbocycles. The zero-order valence-corrected chi connectivity index (χ0v) is 10.5. The molecule has 1 aliphatic rings. The highest BCUT2D eigenvalue weighted by Crippen LogP contribution is 2.07. The van der Waals surface area contributed by atoms with Crippen molar-refractivity contribution < 1.29 is 9.59 Å². The minimum absolute atomic E-state index is 0.0827. The molecule has 2 heterocycles. The molecule has 5 heteroatoms. The Morgan fingerprint density at radius 1 is 1.39 bits per heavy atom. The molecule has 0 aliphatic carbocycles. The summed E-state index contributed by atoms with van der Waals surface area (Å²) < 4.78 is 0. The topological polar surface area (TPSA) is 62.3 Å². The van der Waals surface area contributed by atoms with E-state index in [4.69, 9.17) is 0 Å². The van der Waals surface area contributed by atoms with Crippen LogP contribution in [0.1, 0.15) is 18.4 Å². The van der Waals surface area contributed by atoms with Gasteiger partial charge in [0.05, 0.1) is 6.54 Å². The van der Waals surface area contributed by atoms with Gasteiger partial charge in [-0.05, 0) is 18.6 Å². The SMILES string of the molecule is Cc1ccc(NC(=O)CN2CCC(=O)CC2)nc1. The van der Waals surface area contributed by atoms with Gasteiger partial charge in [-0.25, -0.2) is 4.98 Å². The summed E-state index contributed by atoms with van der Waals surface area (Å²) in [6.45, 7) is 3.62. The number of amides is 1. The van der Waals surface area contributed by atoms with E-state index in [1.54, 1.807) is 12.3 Å². The predicted octanol–water partition coefficient (Wildman–Crippen LogP) is 0.993. The number of anilines is 1. The molecule has 1 aromatic heterocycles. The molecule has 2 rings (SSSR count). The lowest BCUT2D eigenvalue weighted by atomic mass is 10.1. The molecule has 96 valence electrons. The van der Waals surface area contributed by atoms with Gasteiger partial charge in [-0.1, -0.05) is 6.07 Å². The Morgan fingerprint density at radius 3 is 2.72 bits per heavy atom. The van der Waals surface area contributed by atoms with E-state index in [1.807, 2.05) is 17.9 Å². The van der Waals surface area contributed by atoms with E-state index in [9.17, 15) is 9.59 Å². The van der Waals surface area contributed by atoms with Gasteiger partial charge in [-0.2, -0.15) is 0 Å². The first kappa shape index (κ1) is 12.7. The lowest BCUT2D eigenvalue weighted by Crippen LogP contribution is -2.39. The molecule has 18 heavy (non-hydrogen) atoms. The Labute approximate surface area is 106 Å². The second-order valence-electron chi connectivity index (χ2n) is 4.58. The van der Waals surface area contributed by atoms with Crippen molar-refractivity contribution in [2.24, 2.45) is 0 Å². The zero-order chi connectivity index (χ0) is 13.0. The number of likely N-dealkylation sites (tertiary alicyclic amines) is 1. The van der Waals surface area contributed by atoms with E-state index in [1.165, 1.54) is 0 Å². The van der Waals surface area contributed by atoms with Crippen LogP contribution in [0.4, 0.5) is 5.82 Å². The molecule has 1 amide bonds. The van der Waals surface area contributed by atoms with Gasteiger partial charge in [0.25, 0.3) is 0 Å². The second kappa shape index (κ2) is 5.73. The molecule has 0 aromatic carbocycles. The number of Topliss-reactive ketones (excluding diaryl/α,β-unsaturated/α-hetero) is 1. The molecule has 0 spiro atoms. The lowest BCUT2D eigenvalue weighted by Gasteiger charge is -2.24. The lowest BCUT2D eigenvalue weighted by molar-refractivity contribution is -0.124. The molecule has 0 atom stereocenters. The number of piperidine rings is 1. The number of hydrogen-bond donors (Lipinski definition) is 1. The van der Waals surface area contributed by atoms with Crippen molar-refractivity contribution in [2.45, 2.75) is 19.8 Å². The minimum Gasteiger partial charge on any atom is -0.310 e. The Morgan fingerprint density at radius 2 is 2.11 bits per heavy atom. The van der Waals surface area contributed by atoms with Crippen molar-refractivity contribution in [1.29, 1.82) is 0 Å². The number of rotatable bonds is 3. The normalized spacial score (nSPS) is 16.6. The smallest absolute Gasteiger partial charge is 0.239 e. The zero-order valence-electron chi connectivity index (χ0n) is 10.5. The Balaban J connectivity index is 1.81. The second-order valence-corrected chi connectivity index (χ2v) is 4.58. The summed E-state index contributed by atoms with van der Waals surface area (Å²) in [5.41, 5.74) is 1.06. The number of aromatic nitrogens is 1. The van der Waals surface area contributed by atoms with Crippen LogP contribution in [0.5, 0.6) is 0 Å². The standard InChI is InChI=1S/C13H17N3O2/c1-10-2-3-12(14-8-10)15-13(18)9-16-6-4-11(17)5-7-16/h2-3,8H,4-7,9H2,1H3,(H,14,15,18).